The van der Waals surface area contributed by atoms with Gasteiger partial charge in [0, 0.05) is 37.1 Å². The van der Waals surface area contributed by atoms with Crippen molar-refractivity contribution in [3.63, 3.8) is 0 Å². The second-order valence-corrected chi connectivity index (χ2v) is 6.96. The molecule has 6 heteroatoms. The van der Waals surface area contributed by atoms with E-state index in [9.17, 15) is 4.79 Å². The summed E-state index contributed by atoms with van der Waals surface area (Å²) in [6.07, 6.45) is 5.59. The van der Waals surface area contributed by atoms with Crippen LogP contribution in [0.2, 0.25) is 0 Å². The smallest absolute Gasteiger partial charge is 0.272 e. The summed E-state index contributed by atoms with van der Waals surface area (Å²) in [5, 5.41) is 7.56. The van der Waals surface area contributed by atoms with Crippen molar-refractivity contribution < 1.29 is 4.79 Å². The molecule has 1 aliphatic heterocycles. The highest BCUT2D eigenvalue weighted by molar-refractivity contribution is 5.92. The molecule has 2 aromatic rings. The first kappa shape index (κ1) is 14.8. The van der Waals surface area contributed by atoms with Crippen LogP contribution in [-0.2, 0) is 18.5 Å². The summed E-state index contributed by atoms with van der Waals surface area (Å²) >= 11 is 0. The maximum absolute atomic E-state index is 12.4. The van der Waals surface area contributed by atoms with Gasteiger partial charge in [0.2, 0.25) is 0 Å². The number of carbonyl (C=O) groups excluding carboxylic acids is 1. The molecule has 0 saturated heterocycles. The Labute approximate surface area is 130 Å². The predicted molar refractivity (Wildman–Crippen MR) is 83.8 cm³/mol. The van der Waals surface area contributed by atoms with Crippen LogP contribution in [0, 0.1) is 6.92 Å². The number of fused-ring (bicyclic) bond motifs is 1. The van der Waals surface area contributed by atoms with Gasteiger partial charge in [-0.25, -0.2) is 4.98 Å². The molecule has 2 aromatic heterocycles. The van der Waals surface area contributed by atoms with Crippen LogP contribution in [0.5, 0.6) is 0 Å². The molecule has 1 atom stereocenters. The van der Waals surface area contributed by atoms with Gasteiger partial charge in [0.15, 0.2) is 0 Å². The Morgan fingerprint density at radius 2 is 2.18 bits per heavy atom. The lowest BCUT2D eigenvalue weighted by Crippen LogP contribution is -2.41. The van der Waals surface area contributed by atoms with E-state index in [0.29, 0.717) is 5.69 Å². The van der Waals surface area contributed by atoms with Gasteiger partial charge in [-0.05, 0) is 40.2 Å². The van der Waals surface area contributed by atoms with Crippen molar-refractivity contribution in [2.75, 3.05) is 0 Å². The zero-order valence-corrected chi connectivity index (χ0v) is 13.6. The largest absolute Gasteiger partial charge is 0.346 e. The summed E-state index contributed by atoms with van der Waals surface area (Å²) in [5.74, 6) is 0.998. The Balaban J connectivity index is 1.71. The molecule has 0 aromatic carbocycles. The van der Waals surface area contributed by atoms with Gasteiger partial charge in [-0.15, -0.1) is 0 Å². The van der Waals surface area contributed by atoms with Crippen LogP contribution in [0.3, 0.4) is 0 Å². The standard InChI is InChI=1S/C16H23N5O/c1-11-9-13(19-21(11)16(2,3)4)15(22)18-12-5-6-14-17-7-8-20(14)10-12/h7-9,12H,5-6,10H2,1-4H3,(H,18,22). The van der Waals surface area contributed by atoms with E-state index in [1.54, 1.807) is 0 Å². The van der Waals surface area contributed by atoms with Crippen molar-refractivity contribution in [1.82, 2.24) is 24.6 Å². The van der Waals surface area contributed by atoms with Gasteiger partial charge in [0.1, 0.15) is 11.5 Å². The molecule has 0 fully saturated rings. The molecule has 1 unspecified atom stereocenters. The summed E-state index contributed by atoms with van der Waals surface area (Å²) in [5.41, 5.74) is 1.36. The van der Waals surface area contributed by atoms with Crippen molar-refractivity contribution in [1.29, 1.82) is 0 Å². The molecule has 118 valence electrons. The lowest BCUT2D eigenvalue weighted by Gasteiger charge is -2.24. The average Bonchev–Trinajstić information content (AvgIpc) is 3.03. The zero-order valence-electron chi connectivity index (χ0n) is 13.6. The van der Waals surface area contributed by atoms with Crippen LogP contribution >= 0.6 is 0 Å². The first-order valence-electron chi connectivity index (χ1n) is 7.72. The average molecular weight is 301 g/mol. The van der Waals surface area contributed by atoms with Crippen LogP contribution in [0.1, 0.15) is 49.2 Å². The van der Waals surface area contributed by atoms with Crippen LogP contribution in [0.15, 0.2) is 18.5 Å². The predicted octanol–water partition coefficient (Wildman–Crippen LogP) is 1.89. The minimum Gasteiger partial charge on any atom is -0.346 e. The molecule has 3 rings (SSSR count). The Kier molecular flexibility index (Phi) is 3.54. The molecular formula is C16H23N5O. The van der Waals surface area contributed by atoms with E-state index in [1.165, 1.54) is 0 Å². The van der Waals surface area contributed by atoms with E-state index in [-0.39, 0.29) is 17.5 Å². The van der Waals surface area contributed by atoms with Crippen molar-refractivity contribution >= 4 is 5.91 Å². The minimum atomic E-state index is -0.126. The molecule has 1 amide bonds. The Morgan fingerprint density at radius 1 is 1.41 bits per heavy atom. The maximum atomic E-state index is 12.4. The van der Waals surface area contributed by atoms with Crippen molar-refractivity contribution in [2.24, 2.45) is 0 Å². The second-order valence-electron chi connectivity index (χ2n) is 6.96. The minimum absolute atomic E-state index is 0.0975. The number of nitrogens with one attached hydrogen (secondary N) is 1. The molecule has 0 bridgehead atoms. The molecule has 1 aliphatic rings. The van der Waals surface area contributed by atoms with Gasteiger partial charge < -0.3 is 9.88 Å². The lowest BCUT2D eigenvalue weighted by atomic mass is 10.1. The lowest BCUT2D eigenvalue weighted by molar-refractivity contribution is 0.0921. The Morgan fingerprint density at radius 3 is 2.86 bits per heavy atom. The molecule has 0 spiro atoms. The van der Waals surface area contributed by atoms with Gasteiger partial charge in [-0.1, -0.05) is 0 Å². The molecular weight excluding hydrogens is 278 g/mol. The third-order valence-corrected chi connectivity index (χ3v) is 4.03. The number of nitrogens with zero attached hydrogens (tertiary/aromatic N) is 4. The van der Waals surface area contributed by atoms with Crippen LogP contribution < -0.4 is 5.32 Å². The van der Waals surface area contributed by atoms with Crippen molar-refractivity contribution in [3.8, 4) is 0 Å². The fraction of sp³-hybridized carbons (Fsp3) is 0.562. The number of amides is 1. The highest BCUT2D eigenvalue weighted by atomic mass is 16.2. The molecule has 0 aliphatic carbocycles. The summed E-state index contributed by atoms with van der Waals surface area (Å²) in [6.45, 7) is 9.00. The zero-order chi connectivity index (χ0) is 15.9. The third kappa shape index (κ3) is 2.77. The first-order chi connectivity index (χ1) is 10.3. The van der Waals surface area contributed by atoms with E-state index in [0.717, 1.165) is 30.9 Å². The highest BCUT2D eigenvalue weighted by Crippen LogP contribution is 2.17. The van der Waals surface area contributed by atoms with E-state index in [1.807, 2.05) is 30.1 Å². The Hall–Kier alpha value is -2.11. The van der Waals surface area contributed by atoms with Gasteiger partial charge >= 0.3 is 0 Å². The molecule has 6 nitrogen and oxygen atoms in total. The van der Waals surface area contributed by atoms with E-state index < -0.39 is 0 Å². The topological polar surface area (TPSA) is 64.7 Å². The van der Waals surface area contributed by atoms with Gasteiger partial charge in [-0.2, -0.15) is 5.10 Å². The summed E-state index contributed by atoms with van der Waals surface area (Å²) in [4.78, 5) is 16.7. The summed E-state index contributed by atoms with van der Waals surface area (Å²) in [6, 6.07) is 1.99. The second kappa shape index (κ2) is 5.26. The fourth-order valence-corrected chi connectivity index (χ4v) is 3.01. The van der Waals surface area contributed by atoms with Crippen molar-refractivity contribution in [3.05, 3.63) is 35.7 Å². The molecule has 3 heterocycles. The van der Waals surface area contributed by atoms with Crippen LogP contribution in [0.4, 0.5) is 0 Å². The number of hydrogen-bond donors (Lipinski definition) is 1. The first-order valence-corrected chi connectivity index (χ1v) is 7.72. The molecule has 0 saturated carbocycles. The fourth-order valence-electron chi connectivity index (χ4n) is 3.01. The van der Waals surface area contributed by atoms with Crippen LogP contribution in [0.25, 0.3) is 0 Å². The number of rotatable bonds is 2. The summed E-state index contributed by atoms with van der Waals surface area (Å²) in [7, 11) is 0. The maximum Gasteiger partial charge on any atom is 0.272 e. The van der Waals surface area contributed by atoms with E-state index in [2.05, 4.69) is 40.7 Å². The summed E-state index contributed by atoms with van der Waals surface area (Å²) < 4.78 is 4.00. The van der Waals surface area contributed by atoms with E-state index >= 15 is 0 Å². The normalized spacial score (nSPS) is 18.1. The Bertz CT molecular complexity index is 692. The highest BCUT2D eigenvalue weighted by Gasteiger charge is 2.24. The van der Waals surface area contributed by atoms with Gasteiger partial charge in [-0.3, -0.25) is 9.48 Å². The number of aryl methyl sites for hydroxylation is 2. The number of carbonyl (C=O) groups is 1. The molecule has 0 radical (unpaired) electrons. The number of imidazole rings is 1. The number of hydrogen-bond acceptors (Lipinski definition) is 3. The van der Waals surface area contributed by atoms with E-state index in [4.69, 9.17) is 0 Å². The number of aromatic nitrogens is 4. The monoisotopic (exact) mass is 301 g/mol. The van der Waals surface area contributed by atoms with Gasteiger partial charge in [0.05, 0.1) is 5.54 Å². The van der Waals surface area contributed by atoms with Crippen molar-refractivity contribution in [2.45, 2.75) is 58.7 Å². The quantitative estimate of drug-likeness (QED) is 0.921. The molecule has 1 N–H and O–H groups in total. The van der Waals surface area contributed by atoms with Gasteiger partial charge in [0.25, 0.3) is 5.91 Å². The SMILES string of the molecule is Cc1cc(C(=O)NC2CCc3nccn3C2)nn1C(C)(C)C. The van der Waals surface area contributed by atoms with Crippen LogP contribution in [-0.4, -0.2) is 31.3 Å². The molecule has 22 heavy (non-hydrogen) atoms. The third-order valence-electron chi connectivity index (χ3n) is 4.03.